The number of rotatable bonds is 4. The zero-order valence-corrected chi connectivity index (χ0v) is 27.7. The highest BCUT2D eigenvalue weighted by Gasteiger charge is 2.30. The number of fused-ring (bicyclic) bond motifs is 6. The molecule has 2 unspecified atom stereocenters. The minimum absolute atomic E-state index is 0.0376. The first kappa shape index (κ1) is 30.0. The SMILES string of the molecule is CC1C=C(C#N)C=C(c2ccccc2-n2c3ccc(C#N)cc3c3cc(C#N)ccc32)C1c1cccc(-n2c3ccccc3c3ccccc32)c1. The van der Waals surface area contributed by atoms with Gasteiger partial charge in [-0.25, -0.2) is 0 Å². The molecule has 2 atom stereocenters. The van der Waals surface area contributed by atoms with Crippen molar-refractivity contribution in [1.82, 2.24) is 9.13 Å². The first-order valence-corrected chi connectivity index (χ1v) is 17.0. The van der Waals surface area contributed by atoms with Crippen molar-refractivity contribution < 1.29 is 0 Å². The van der Waals surface area contributed by atoms with E-state index in [2.05, 4.69) is 131 Å². The summed E-state index contributed by atoms with van der Waals surface area (Å²) in [4.78, 5) is 0. The molecular weight excluding hydrogens is 623 g/mol. The molecule has 0 amide bonds. The summed E-state index contributed by atoms with van der Waals surface area (Å²) < 4.78 is 4.57. The predicted octanol–water partition coefficient (Wildman–Crippen LogP) is 10.9. The lowest BCUT2D eigenvalue weighted by Crippen LogP contribution is -2.16. The molecule has 2 heterocycles. The fraction of sp³-hybridized carbons (Fsp3) is 0.0652. The van der Waals surface area contributed by atoms with E-state index in [1.807, 2.05) is 48.5 Å². The number of nitriles is 3. The van der Waals surface area contributed by atoms with E-state index in [0.29, 0.717) is 16.7 Å². The van der Waals surface area contributed by atoms with Crippen LogP contribution in [0.5, 0.6) is 0 Å². The Bertz CT molecular complexity index is 2800. The van der Waals surface area contributed by atoms with Crippen LogP contribution < -0.4 is 0 Å². The molecule has 1 aliphatic carbocycles. The molecule has 0 aliphatic heterocycles. The lowest BCUT2D eigenvalue weighted by Gasteiger charge is -2.31. The third-order valence-corrected chi connectivity index (χ3v) is 10.3. The third-order valence-electron chi connectivity index (χ3n) is 10.3. The molecule has 0 bridgehead atoms. The standard InChI is InChI=1S/C46H29N5/c1-29-21-32(28-49)24-40(46(29)33-9-8-10-34(25-33)50-41-14-5-2-11-35(41)36-12-3-6-15-42(36)50)37-13-4-7-16-43(37)51-44-19-17-30(26-47)22-38(44)39-23-31(27-48)18-20-45(39)51/h2-25,29,46H,1H3. The molecule has 0 N–H and O–H groups in total. The van der Waals surface area contributed by atoms with Gasteiger partial charge in [0.05, 0.1) is 57.1 Å². The lowest BCUT2D eigenvalue weighted by atomic mass is 9.74. The van der Waals surface area contributed by atoms with Crippen molar-refractivity contribution in [2.24, 2.45) is 5.92 Å². The molecule has 51 heavy (non-hydrogen) atoms. The van der Waals surface area contributed by atoms with Gasteiger partial charge in [0.25, 0.3) is 0 Å². The van der Waals surface area contributed by atoms with Gasteiger partial charge in [0, 0.05) is 44.3 Å². The molecule has 0 saturated heterocycles. The van der Waals surface area contributed by atoms with Crippen molar-refractivity contribution in [2.45, 2.75) is 12.8 Å². The molecule has 5 nitrogen and oxygen atoms in total. The van der Waals surface area contributed by atoms with Gasteiger partial charge in [-0.2, -0.15) is 15.8 Å². The maximum Gasteiger partial charge on any atom is 0.0991 e. The van der Waals surface area contributed by atoms with Crippen LogP contribution in [0.15, 0.2) is 151 Å². The van der Waals surface area contributed by atoms with E-state index in [9.17, 15) is 15.8 Å². The highest BCUT2D eigenvalue weighted by molar-refractivity contribution is 6.11. The minimum atomic E-state index is -0.0419. The Hall–Kier alpha value is -7.13. The van der Waals surface area contributed by atoms with E-state index in [1.165, 1.54) is 10.8 Å². The molecule has 8 aromatic rings. The van der Waals surface area contributed by atoms with Gasteiger partial charge in [-0.1, -0.05) is 79.7 Å². The molecular formula is C46H29N5. The normalized spacial score (nSPS) is 15.7. The average molecular weight is 652 g/mol. The van der Waals surface area contributed by atoms with Gasteiger partial charge >= 0.3 is 0 Å². The van der Waals surface area contributed by atoms with E-state index in [0.717, 1.165) is 60.9 Å². The Balaban J connectivity index is 1.26. The molecule has 0 saturated carbocycles. The van der Waals surface area contributed by atoms with Crippen molar-refractivity contribution >= 4 is 49.2 Å². The van der Waals surface area contributed by atoms with Crippen LogP contribution in [-0.4, -0.2) is 9.13 Å². The molecule has 2 aromatic heterocycles. The molecule has 0 fully saturated rings. The first-order chi connectivity index (χ1) is 25.1. The smallest absolute Gasteiger partial charge is 0.0991 e. The van der Waals surface area contributed by atoms with Crippen molar-refractivity contribution in [3.63, 3.8) is 0 Å². The summed E-state index contributed by atoms with van der Waals surface area (Å²) in [7, 11) is 0. The Morgan fingerprint density at radius 1 is 0.529 bits per heavy atom. The first-order valence-electron chi connectivity index (χ1n) is 17.0. The molecule has 6 aromatic carbocycles. The van der Waals surface area contributed by atoms with Crippen molar-refractivity contribution in [3.8, 4) is 29.6 Å². The monoisotopic (exact) mass is 651 g/mol. The van der Waals surface area contributed by atoms with Crippen LogP contribution in [0.4, 0.5) is 0 Å². The summed E-state index contributed by atoms with van der Waals surface area (Å²) in [5, 5.41) is 34.0. The molecule has 0 spiro atoms. The van der Waals surface area contributed by atoms with Crippen LogP contribution in [0, 0.1) is 39.9 Å². The van der Waals surface area contributed by atoms with E-state index in [4.69, 9.17) is 0 Å². The predicted molar refractivity (Wildman–Crippen MR) is 205 cm³/mol. The van der Waals surface area contributed by atoms with Crippen molar-refractivity contribution in [3.05, 3.63) is 173 Å². The fourth-order valence-electron chi connectivity index (χ4n) is 8.16. The average Bonchev–Trinajstić information content (AvgIpc) is 3.69. The summed E-state index contributed by atoms with van der Waals surface area (Å²) >= 11 is 0. The van der Waals surface area contributed by atoms with Gasteiger partial charge in [-0.05, 0) is 89.9 Å². The zero-order valence-electron chi connectivity index (χ0n) is 27.7. The molecule has 9 rings (SSSR count). The van der Waals surface area contributed by atoms with Gasteiger partial charge < -0.3 is 9.13 Å². The number of hydrogen-bond acceptors (Lipinski definition) is 3. The maximum absolute atomic E-state index is 10.2. The Morgan fingerprint density at radius 3 is 1.75 bits per heavy atom. The van der Waals surface area contributed by atoms with Crippen LogP contribution >= 0.6 is 0 Å². The summed E-state index contributed by atoms with van der Waals surface area (Å²) in [6.07, 6.45) is 4.13. The number of nitrogens with zero attached hydrogens (tertiary/aromatic N) is 5. The Kier molecular flexibility index (Phi) is 6.92. The van der Waals surface area contributed by atoms with Crippen LogP contribution in [0.25, 0.3) is 60.6 Å². The van der Waals surface area contributed by atoms with Gasteiger partial charge in [-0.3, -0.25) is 0 Å². The quantitative estimate of drug-likeness (QED) is 0.190. The minimum Gasteiger partial charge on any atom is -0.309 e. The summed E-state index contributed by atoms with van der Waals surface area (Å²) in [5.74, 6) is -0.00426. The Labute approximate surface area is 295 Å². The second kappa shape index (κ2) is 11.8. The number of para-hydroxylation sites is 3. The number of hydrogen-bond donors (Lipinski definition) is 0. The number of allylic oxidation sites excluding steroid dienone is 4. The zero-order chi connectivity index (χ0) is 34.6. The Morgan fingerprint density at radius 2 is 1.12 bits per heavy atom. The van der Waals surface area contributed by atoms with Crippen molar-refractivity contribution in [2.75, 3.05) is 0 Å². The van der Waals surface area contributed by atoms with Crippen molar-refractivity contribution in [1.29, 1.82) is 15.8 Å². The van der Waals surface area contributed by atoms with Gasteiger partial charge in [0.2, 0.25) is 0 Å². The lowest BCUT2D eigenvalue weighted by molar-refractivity contribution is 0.646. The second-order valence-corrected chi connectivity index (χ2v) is 13.2. The highest BCUT2D eigenvalue weighted by atomic mass is 15.0. The van der Waals surface area contributed by atoms with E-state index < -0.39 is 0 Å². The van der Waals surface area contributed by atoms with Gasteiger partial charge in [-0.15, -0.1) is 0 Å². The summed E-state index contributed by atoms with van der Waals surface area (Å²) in [6, 6.07) is 52.7. The van der Waals surface area contributed by atoms with E-state index >= 15 is 0 Å². The molecule has 0 radical (unpaired) electrons. The second-order valence-electron chi connectivity index (χ2n) is 13.2. The molecule has 1 aliphatic rings. The fourth-order valence-corrected chi connectivity index (χ4v) is 8.16. The van der Waals surface area contributed by atoms with Crippen LogP contribution in [-0.2, 0) is 0 Å². The number of benzene rings is 6. The molecule has 5 heteroatoms. The van der Waals surface area contributed by atoms with Gasteiger partial charge in [0.1, 0.15) is 0 Å². The van der Waals surface area contributed by atoms with Crippen LogP contribution in [0.2, 0.25) is 0 Å². The maximum atomic E-state index is 10.2. The topological polar surface area (TPSA) is 81.2 Å². The van der Waals surface area contributed by atoms with Crippen LogP contribution in [0.1, 0.15) is 35.1 Å². The van der Waals surface area contributed by atoms with E-state index in [-0.39, 0.29) is 11.8 Å². The third kappa shape index (κ3) is 4.67. The molecule has 238 valence electrons. The summed E-state index contributed by atoms with van der Waals surface area (Å²) in [5.41, 5.74) is 11.3. The summed E-state index contributed by atoms with van der Waals surface area (Å²) in [6.45, 7) is 2.19. The van der Waals surface area contributed by atoms with Crippen LogP contribution in [0.3, 0.4) is 0 Å². The highest BCUT2D eigenvalue weighted by Crippen LogP contribution is 2.46. The number of aromatic nitrogens is 2. The largest absolute Gasteiger partial charge is 0.309 e. The van der Waals surface area contributed by atoms with E-state index in [1.54, 1.807) is 0 Å². The van der Waals surface area contributed by atoms with Gasteiger partial charge in [0.15, 0.2) is 0 Å².